The topological polar surface area (TPSA) is 116 Å². The van der Waals surface area contributed by atoms with Gasteiger partial charge < -0.3 is 19.5 Å². The van der Waals surface area contributed by atoms with Crippen LogP contribution in [-0.4, -0.2) is 61.5 Å². The molecule has 0 aromatic heterocycles. The Morgan fingerprint density at radius 1 is 1.27 bits per heavy atom. The second-order valence-corrected chi connectivity index (χ2v) is 9.52. The van der Waals surface area contributed by atoms with Gasteiger partial charge in [-0.05, 0) is 19.1 Å². The number of anilines is 1. The molecule has 0 saturated carbocycles. The number of hydrogen-bond donors (Lipinski definition) is 0. The number of hydrogen-bond acceptors (Lipinski definition) is 7. The molecular formula is C16H17N2O6S2-. The summed E-state index contributed by atoms with van der Waals surface area (Å²) in [5, 5.41) is 10.5. The van der Waals surface area contributed by atoms with Crippen LogP contribution < -0.4 is 10.0 Å². The molecule has 2 fully saturated rings. The summed E-state index contributed by atoms with van der Waals surface area (Å²) < 4.78 is 28.7. The molecule has 0 spiro atoms. The Kier molecular flexibility index (Phi) is 5.35. The first-order chi connectivity index (χ1) is 12.2. The molecule has 2 saturated heterocycles. The number of carboxylic acids is 1. The fourth-order valence-electron chi connectivity index (χ4n) is 2.93. The number of amidine groups is 1. The smallest absolute Gasteiger partial charge is 0.274 e. The highest BCUT2D eigenvalue weighted by Gasteiger charge is 2.49. The van der Waals surface area contributed by atoms with Crippen LogP contribution in [0.3, 0.4) is 0 Å². The molecule has 0 bridgehead atoms. The number of aliphatic carboxylic acids is 1. The lowest BCUT2D eigenvalue weighted by atomic mass is 10.1. The molecule has 0 N–H and O–H groups in total. The fourth-order valence-corrected chi connectivity index (χ4v) is 6.86. The minimum Gasteiger partial charge on any atom is -0.548 e. The van der Waals surface area contributed by atoms with E-state index in [4.69, 9.17) is 4.74 Å². The molecule has 1 aromatic rings. The molecule has 8 nitrogen and oxygen atoms in total. The number of carboxylic acid groups (broad SMARTS) is 1. The molecule has 2 aliphatic heterocycles. The molecule has 0 unspecified atom stereocenters. The van der Waals surface area contributed by atoms with Gasteiger partial charge in [0.05, 0.1) is 30.1 Å². The maximum absolute atomic E-state index is 12.0. The Morgan fingerprint density at radius 2 is 1.96 bits per heavy atom. The lowest BCUT2D eigenvalue weighted by Gasteiger charge is -2.24. The van der Waals surface area contributed by atoms with E-state index in [0.29, 0.717) is 5.17 Å². The summed E-state index contributed by atoms with van der Waals surface area (Å²) in [5.74, 6) is -2.00. The van der Waals surface area contributed by atoms with E-state index in [2.05, 4.69) is 4.99 Å². The van der Waals surface area contributed by atoms with Gasteiger partial charge in [-0.1, -0.05) is 29.5 Å². The zero-order valence-electron chi connectivity index (χ0n) is 14.0. The van der Waals surface area contributed by atoms with Crippen LogP contribution in [0.4, 0.5) is 5.69 Å². The predicted molar refractivity (Wildman–Crippen MR) is 95.7 cm³/mol. The third kappa shape index (κ3) is 4.25. The van der Waals surface area contributed by atoms with Crippen molar-refractivity contribution in [2.75, 3.05) is 29.6 Å². The van der Waals surface area contributed by atoms with E-state index in [1.807, 2.05) is 31.2 Å². The maximum Gasteiger partial charge on any atom is 0.274 e. The van der Waals surface area contributed by atoms with Crippen LogP contribution in [0.1, 0.15) is 5.56 Å². The van der Waals surface area contributed by atoms with Crippen LogP contribution in [0, 0.1) is 6.92 Å². The average molecular weight is 397 g/mol. The van der Waals surface area contributed by atoms with Gasteiger partial charge in [0.1, 0.15) is 6.61 Å². The number of nitrogens with zero attached hydrogens (tertiary/aromatic N) is 2. The van der Waals surface area contributed by atoms with Crippen LogP contribution in [0.5, 0.6) is 0 Å². The molecule has 3 rings (SSSR count). The van der Waals surface area contributed by atoms with Gasteiger partial charge in [0.25, 0.3) is 5.91 Å². The Morgan fingerprint density at radius 3 is 2.62 bits per heavy atom. The van der Waals surface area contributed by atoms with Crippen LogP contribution in [0.25, 0.3) is 0 Å². The number of aryl methyl sites for hydroxylation is 1. The third-order valence-electron chi connectivity index (χ3n) is 4.04. The summed E-state index contributed by atoms with van der Waals surface area (Å²) in [4.78, 5) is 28.1. The second kappa shape index (κ2) is 7.37. The van der Waals surface area contributed by atoms with Gasteiger partial charge in [-0.2, -0.15) is 4.99 Å². The molecule has 140 valence electrons. The molecule has 2 atom stereocenters. The van der Waals surface area contributed by atoms with Crippen molar-refractivity contribution >= 4 is 44.3 Å². The highest BCUT2D eigenvalue weighted by atomic mass is 32.2. The van der Waals surface area contributed by atoms with Crippen molar-refractivity contribution in [2.24, 2.45) is 4.99 Å². The largest absolute Gasteiger partial charge is 0.548 e. The van der Waals surface area contributed by atoms with E-state index in [0.717, 1.165) is 11.3 Å². The molecule has 2 aliphatic rings. The van der Waals surface area contributed by atoms with Crippen molar-refractivity contribution in [3.05, 3.63) is 29.8 Å². The minimum absolute atomic E-state index is 0.00688. The average Bonchev–Trinajstić information content (AvgIpc) is 2.99. The van der Waals surface area contributed by atoms with Gasteiger partial charge in [0.15, 0.2) is 15.0 Å². The van der Waals surface area contributed by atoms with Crippen molar-refractivity contribution < 1.29 is 27.9 Å². The summed E-state index contributed by atoms with van der Waals surface area (Å²) in [5.41, 5.74) is 1.82. The van der Waals surface area contributed by atoms with E-state index in [1.165, 1.54) is 11.8 Å². The standard InChI is InChI=1S/C16H18N2O6S2/c1-10-2-4-11(5-3-10)18-12-8-26(22,23)9-13(12)25-16(18)17-14(19)6-24-7-15(20)21/h2-5,12-13H,6-9H2,1H3,(H,20,21)/p-1/t12-,13-/m0/s1. The van der Waals surface area contributed by atoms with E-state index < -0.39 is 34.9 Å². The van der Waals surface area contributed by atoms with Gasteiger partial charge in [-0.3, -0.25) is 4.79 Å². The highest BCUT2D eigenvalue weighted by molar-refractivity contribution is 8.16. The third-order valence-corrected chi connectivity index (χ3v) is 7.25. The number of fused-ring (bicyclic) bond motifs is 1. The Bertz CT molecular complexity index is 850. The second-order valence-electron chi connectivity index (χ2n) is 6.16. The summed E-state index contributed by atoms with van der Waals surface area (Å²) >= 11 is 1.25. The quantitative estimate of drug-likeness (QED) is 0.644. The number of thioether (sulfide) groups is 1. The number of carbonyl (C=O) groups is 2. The number of carbonyl (C=O) groups excluding carboxylic acids is 2. The predicted octanol–water partition coefficient (Wildman–Crippen LogP) is -0.637. The number of sulfone groups is 1. The van der Waals surface area contributed by atoms with Gasteiger partial charge in [-0.15, -0.1) is 0 Å². The molecule has 0 radical (unpaired) electrons. The molecule has 2 heterocycles. The molecular weight excluding hydrogens is 380 g/mol. The van der Waals surface area contributed by atoms with Crippen LogP contribution >= 0.6 is 11.8 Å². The van der Waals surface area contributed by atoms with Crippen molar-refractivity contribution in [1.29, 1.82) is 0 Å². The van der Waals surface area contributed by atoms with Crippen molar-refractivity contribution in [2.45, 2.75) is 18.2 Å². The number of benzene rings is 1. The van der Waals surface area contributed by atoms with Crippen LogP contribution in [0.2, 0.25) is 0 Å². The lowest BCUT2D eigenvalue weighted by Crippen LogP contribution is -2.37. The van der Waals surface area contributed by atoms with Gasteiger partial charge in [-0.25, -0.2) is 8.42 Å². The highest BCUT2D eigenvalue weighted by Crippen LogP contribution is 2.40. The molecule has 10 heteroatoms. The van der Waals surface area contributed by atoms with E-state index >= 15 is 0 Å². The van der Waals surface area contributed by atoms with E-state index in [-0.39, 0.29) is 22.8 Å². The summed E-state index contributed by atoms with van der Waals surface area (Å²) in [6.07, 6.45) is 0. The van der Waals surface area contributed by atoms with Crippen molar-refractivity contribution in [3.63, 3.8) is 0 Å². The minimum atomic E-state index is -3.13. The number of aliphatic imine (C=N–C) groups is 1. The van der Waals surface area contributed by atoms with Gasteiger partial charge in [0.2, 0.25) is 0 Å². The SMILES string of the molecule is Cc1ccc(N2C(=NC(=O)COCC(=O)[O-])S[C@H]3CS(=O)(=O)C[C@@H]32)cc1. The normalized spacial score (nSPS) is 25.4. The van der Waals surface area contributed by atoms with Gasteiger partial charge in [0, 0.05) is 10.9 Å². The van der Waals surface area contributed by atoms with E-state index in [9.17, 15) is 23.1 Å². The number of rotatable bonds is 5. The summed E-state index contributed by atoms with van der Waals surface area (Å²) in [6, 6.07) is 7.23. The number of amides is 1. The number of ether oxygens (including phenoxy) is 1. The Hall–Kier alpha value is -1.91. The van der Waals surface area contributed by atoms with Crippen LogP contribution in [0.15, 0.2) is 29.3 Å². The van der Waals surface area contributed by atoms with Crippen LogP contribution in [-0.2, 0) is 24.2 Å². The molecule has 0 aliphatic carbocycles. The Balaban J connectivity index is 1.84. The first-order valence-corrected chi connectivity index (χ1v) is 10.6. The molecule has 1 aromatic carbocycles. The first kappa shape index (κ1) is 18.9. The molecule has 26 heavy (non-hydrogen) atoms. The zero-order valence-corrected chi connectivity index (χ0v) is 15.6. The van der Waals surface area contributed by atoms with E-state index in [1.54, 1.807) is 4.90 Å². The Labute approximate surface area is 155 Å². The monoisotopic (exact) mass is 397 g/mol. The summed E-state index contributed by atoms with van der Waals surface area (Å²) in [7, 11) is -3.13. The summed E-state index contributed by atoms with van der Waals surface area (Å²) in [6.45, 7) is 0.779. The lowest BCUT2D eigenvalue weighted by molar-refractivity contribution is -0.309. The van der Waals surface area contributed by atoms with Gasteiger partial charge >= 0.3 is 0 Å². The fraction of sp³-hybridized carbons (Fsp3) is 0.438. The maximum atomic E-state index is 12.0. The molecule has 1 amide bonds. The van der Waals surface area contributed by atoms with Crippen molar-refractivity contribution in [3.8, 4) is 0 Å². The zero-order chi connectivity index (χ0) is 18.9. The van der Waals surface area contributed by atoms with Crippen molar-refractivity contribution in [1.82, 2.24) is 0 Å². The first-order valence-electron chi connectivity index (χ1n) is 7.87.